The Morgan fingerprint density at radius 2 is 1.62 bits per heavy atom. The number of nitrogens with two attached hydrogens (primary N) is 1. The van der Waals surface area contributed by atoms with Crippen LogP contribution in [0.2, 0.25) is 0 Å². The first-order valence-electron chi connectivity index (χ1n) is 4.69. The van der Waals surface area contributed by atoms with Crippen LogP contribution in [0, 0.1) is 0 Å². The standard InChI is InChI=1S/C10H15ClNP/c11-13(12,8-4-5-9-13)10-6-2-1-3-7-10/h1-3,6-7H,4-5,8-9,12H2. The van der Waals surface area contributed by atoms with Crippen LogP contribution in [-0.4, -0.2) is 12.3 Å². The molecule has 2 rings (SSSR count). The van der Waals surface area contributed by atoms with Gasteiger partial charge in [-0.1, -0.05) is 0 Å². The second-order valence-corrected chi connectivity index (χ2v) is 10.8. The molecule has 1 aliphatic rings. The third-order valence-electron chi connectivity index (χ3n) is 2.90. The molecular weight excluding hydrogens is 201 g/mol. The Kier molecular flexibility index (Phi) is 2.14. The van der Waals surface area contributed by atoms with Gasteiger partial charge in [-0.2, -0.15) is 0 Å². The molecule has 0 unspecified atom stereocenters. The molecule has 0 bridgehead atoms. The van der Waals surface area contributed by atoms with Gasteiger partial charge in [-0.25, -0.2) is 0 Å². The topological polar surface area (TPSA) is 26.0 Å². The number of hydrogen-bond donors (Lipinski definition) is 1. The van der Waals surface area contributed by atoms with Gasteiger partial charge in [0.15, 0.2) is 0 Å². The zero-order valence-corrected chi connectivity index (χ0v) is 9.27. The summed E-state index contributed by atoms with van der Waals surface area (Å²) in [6.07, 6.45) is 1.94. The van der Waals surface area contributed by atoms with Crippen molar-refractivity contribution in [3.05, 3.63) is 30.3 Å². The Morgan fingerprint density at radius 1 is 1.08 bits per heavy atom. The third-order valence-corrected chi connectivity index (χ3v) is 8.59. The summed E-state index contributed by atoms with van der Waals surface area (Å²) in [6, 6.07) is 10.2. The average molecular weight is 216 g/mol. The van der Waals surface area contributed by atoms with E-state index in [0.29, 0.717) is 0 Å². The van der Waals surface area contributed by atoms with Crippen molar-refractivity contribution in [2.45, 2.75) is 12.8 Å². The molecule has 1 heterocycles. The van der Waals surface area contributed by atoms with Crippen LogP contribution in [0.3, 0.4) is 0 Å². The predicted octanol–water partition coefficient (Wildman–Crippen LogP) is 2.69. The summed E-state index contributed by atoms with van der Waals surface area (Å²) in [5.41, 5.74) is 6.42. The van der Waals surface area contributed by atoms with Gasteiger partial charge in [0.1, 0.15) is 0 Å². The molecule has 72 valence electrons. The zero-order chi connectivity index (χ0) is 9.39. The van der Waals surface area contributed by atoms with Crippen LogP contribution < -0.4 is 10.8 Å². The fourth-order valence-corrected chi connectivity index (χ4v) is 6.55. The van der Waals surface area contributed by atoms with Crippen molar-refractivity contribution in [1.82, 2.24) is 0 Å². The van der Waals surface area contributed by atoms with E-state index in [4.69, 9.17) is 16.7 Å². The van der Waals surface area contributed by atoms with Crippen molar-refractivity contribution < 1.29 is 0 Å². The maximum absolute atomic E-state index is 6.66. The molecule has 1 nitrogen and oxygen atoms in total. The van der Waals surface area contributed by atoms with E-state index in [1.54, 1.807) is 0 Å². The first-order chi connectivity index (χ1) is 6.10. The summed E-state index contributed by atoms with van der Waals surface area (Å²) in [7, 11) is 0. The molecule has 0 aliphatic carbocycles. The molecule has 0 spiro atoms. The van der Waals surface area contributed by atoms with Crippen molar-refractivity contribution in [3.8, 4) is 0 Å². The van der Waals surface area contributed by atoms with Crippen LogP contribution in [0.4, 0.5) is 0 Å². The van der Waals surface area contributed by atoms with Crippen molar-refractivity contribution in [1.29, 1.82) is 0 Å². The minimum absolute atomic E-state index is 1.01. The summed E-state index contributed by atoms with van der Waals surface area (Å²) in [5.74, 6) is 0. The predicted molar refractivity (Wildman–Crippen MR) is 62.0 cm³/mol. The summed E-state index contributed by atoms with van der Waals surface area (Å²) < 4.78 is 0. The summed E-state index contributed by atoms with van der Waals surface area (Å²) in [6.45, 7) is 0. The second kappa shape index (κ2) is 2.95. The van der Waals surface area contributed by atoms with Crippen LogP contribution in [0.15, 0.2) is 30.3 Å². The van der Waals surface area contributed by atoms with Gasteiger partial charge in [-0.05, 0) is 0 Å². The van der Waals surface area contributed by atoms with Crippen LogP contribution in [0.1, 0.15) is 12.8 Å². The van der Waals surface area contributed by atoms with Crippen molar-refractivity contribution in [2.75, 3.05) is 12.3 Å². The summed E-state index contributed by atoms with van der Waals surface area (Å²) in [5, 5.41) is 1.19. The van der Waals surface area contributed by atoms with Crippen LogP contribution in [0.25, 0.3) is 0 Å². The number of benzene rings is 1. The second-order valence-electron chi connectivity index (χ2n) is 3.95. The molecule has 3 heteroatoms. The Bertz CT molecular complexity index is 300. The van der Waals surface area contributed by atoms with E-state index in [1.807, 2.05) is 18.2 Å². The van der Waals surface area contributed by atoms with Crippen LogP contribution >= 0.6 is 17.3 Å². The third kappa shape index (κ3) is 1.61. The van der Waals surface area contributed by atoms with Gasteiger partial charge in [0.05, 0.1) is 0 Å². The van der Waals surface area contributed by atoms with E-state index >= 15 is 0 Å². The molecule has 0 saturated carbocycles. The Balaban J connectivity index is 2.44. The van der Waals surface area contributed by atoms with Crippen LogP contribution in [-0.2, 0) is 0 Å². The van der Waals surface area contributed by atoms with E-state index in [-0.39, 0.29) is 0 Å². The molecule has 0 aromatic heterocycles. The van der Waals surface area contributed by atoms with Gasteiger partial charge in [0.2, 0.25) is 0 Å². The van der Waals surface area contributed by atoms with Gasteiger partial charge < -0.3 is 0 Å². The van der Waals surface area contributed by atoms with E-state index in [1.165, 1.54) is 18.1 Å². The SMILES string of the molecule is NP1(Cl)(c2ccccc2)CCCC1. The quantitative estimate of drug-likeness (QED) is 0.717. The van der Waals surface area contributed by atoms with E-state index in [0.717, 1.165) is 12.3 Å². The first kappa shape index (κ1) is 9.45. The van der Waals surface area contributed by atoms with Crippen molar-refractivity contribution in [3.63, 3.8) is 0 Å². The van der Waals surface area contributed by atoms with Gasteiger partial charge >= 0.3 is 83.7 Å². The fourth-order valence-electron chi connectivity index (χ4n) is 2.06. The number of halogens is 1. The van der Waals surface area contributed by atoms with E-state index in [2.05, 4.69) is 12.1 Å². The molecule has 1 aliphatic heterocycles. The molecule has 0 amide bonds. The summed E-state index contributed by atoms with van der Waals surface area (Å²) >= 11 is 6.66. The molecule has 0 atom stereocenters. The normalized spacial score (nSPS) is 27.7. The molecule has 1 fully saturated rings. The van der Waals surface area contributed by atoms with Crippen molar-refractivity contribution >= 4 is 22.7 Å². The monoisotopic (exact) mass is 215 g/mol. The fraction of sp³-hybridized carbons (Fsp3) is 0.400. The molecule has 1 aromatic rings. The average Bonchev–Trinajstić information content (AvgIpc) is 2.51. The number of rotatable bonds is 1. The molecule has 1 aromatic carbocycles. The summed E-state index contributed by atoms with van der Waals surface area (Å²) in [4.78, 5) is 0. The Morgan fingerprint density at radius 3 is 2.15 bits per heavy atom. The maximum atomic E-state index is 6.66. The van der Waals surface area contributed by atoms with Crippen molar-refractivity contribution in [2.24, 2.45) is 5.50 Å². The first-order valence-corrected chi connectivity index (χ1v) is 8.27. The minimum atomic E-state index is -2.46. The Labute approximate surface area is 84.0 Å². The van der Waals surface area contributed by atoms with Gasteiger partial charge in [-0.3, -0.25) is 0 Å². The number of hydrogen-bond acceptors (Lipinski definition) is 1. The molecule has 1 saturated heterocycles. The molecule has 13 heavy (non-hydrogen) atoms. The van der Waals surface area contributed by atoms with E-state index in [9.17, 15) is 0 Å². The molecule has 0 radical (unpaired) electrons. The zero-order valence-electron chi connectivity index (χ0n) is 7.62. The van der Waals surface area contributed by atoms with Gasteiger partial charge in [0, 0.05) is 0 Å². The van der Waals surface area contributed by atoms with Crippen LogP contribution in [0.5, 0.6) is 0 Å². The van der Waals surface area contributed by atoms with Gasteiger partial charge in [-0.15, -0.1) is 0 Å². The Hall–Kier alpha value is -0.100. The molecular formula is C10H15ClNP. The molecule has 2 N–H and O–H groups in total. The van der Waals surface area contributed by atoms with E-state index < -0.39 is 6.11 Å². The van der Waals surface area contributed by atoms with Gasteiger partial charge in [0.25, 0.3) is 0 Å².